The second-order valence-corrected chi connectivity index (χ2v) is 7.89. The van der Waals surface area contributed by atoms with Crippen molar-refractivity contribution < 1.29 is 9.59 Å². The summed E-state index contributed by atoms with van der Waals surface area (Å²) in [6.45, 7) is 11.3. The van der Waals surface area contributed by atoms with Crippen LogP contribution in [0.15, 0.2) is 36.4 Å². The summed E-state index contributed by atoms with van der Waals surface area (Å²) in [5.41, 5.74) is 5.89. The van der Waals surface area contributed by atoms with E-state index in [1.54, 1.807) is 18.2 Å². The number of nitrogens with one attached hydrogen (secondary N) is 1. The minimum absolute atomic E-state index is 0.321. The lowest BCUT2D eigenvalue weighted by Gasteiger charge is -2.36. The number of benzene rings is 2. The lowest BCUT2D eigenvalue weighted by atomic mass is 10.0. The van der Waals surface area contributed by atoms with E-state index < -0.39 is 5.54 Å². The molecule has 26 heavy (non-hydrogen) atoms. The maximum Gasteiger partial charge on any atom is 0.274 e. The molecule has 2 rings (SSSR count). The molecular formula is C21H25ClN2O2. The van der Waals surface area contributed by atoms with Gasteiger partial charge in [-0.1, -0.05) is 35.4 Å². The van der Waals surface area contributed by atoms with Gasteiger partial charge in [-0.05, 0) is 70.9 Å². The van der Waals surface area contributed by atoms with Crippen molar-refractivity contribution in [3.8, 4) is 0 Å². The fourth-order valence-corrected chi connectivity index (χ4v) is 2.80. The summed E-state index contributed by atoms with van der Waals surface area (Å²) in [5.74, 6) is -0.664. The molecule has 0 atom stereocenters. The molecule has 0 spiro atoms. The SMILES string of the molecule is Cc1ccc(Cl)c(C(=O)N(NC(=O)c2cccc(C)c2C)C(C)(C)C)c1. The van der Waals surface area contributed by atoms with Crippen LogP contribution in [0, 0.1) is 20.8 Å². The maximum atomic E-state index is 13.1. The number of hydrazine groups is 1. The van der Waals surface area contributed by atoms with Gasteiger partial charge in [-0.3, -0.25) is 15.0 Å². The molecule has 4 nitrogen and oxygen atoms in total. The molecule has 138 valence electrons. The van der Waals surface area contributed by atoms with Crippen molar-refractivity contribution in [2.24, 2.45) is 0 Å². The van der Waals surface area contributed by atoms with Gasteiger partial charge < -0.3 is 0 Å². The monoisotopic (exact) mass is 372 g/mol. The van der Waals surface area contributed by atoms with Crippen LogP contribution in [0.2, 0.25) is 5.02 Å². The molecule has 0 unspecified atom stereocenters. The molecule has 0 saturated heterocycles. The average molecular weight is 373 g/mol. The number of amides is 2. The zero-order valence-corrected chi connectivity index (χ0v) is 16.9. The highest BCUT2D eigenvalue weighted by Crippen LogP contribution is 2.23. The van der Waals surface area contributed by atoms with Crippen LogP contribution in [0.3, 0.4) is 0 Å². The van der Waals surface area contributed by atoms with Gasteiger partial charge in [0.2, 0.25) is 0 Å². The van der Waals surface area contributed by atoms with E-state index in [9.17, 15) is 9.59 Å². The molecule has 1 N–H and O–H groups in total. The van der Waals surface area contributed by atoms with Gasteiger partial charge in [0.15, 0.2) is 0 Å². The predicted molar refractivity (Wildman–Crippen MR) is 105 cm³/mol. The summed E-state index contributed by atoms with van der Waals surface area (Å²) < 4.78 is 0. The number of rotatable bonds is 2. The Kier molecular flexibility index (Phi) is 5.77. The Morgan fingerprint density at radius 2 is 1.65 bits per heavy atom. The minimum Gasteiger partial charge on any atom is -0.267 e. The minimum atomic E-state index is -0.627. The van der Waals surface area contributed by atoms with Crippen LogP contribution in [0.25, 0.3) is 0 Å². The number of nitrogens with zero attached hydrogens (tertiary/aromatic N) is 1. The number of carbonyl (C=O) groups is 2. The molecule has 0 aliphatic rings. The van der Waals surface area contributed by atoms with Gasteiger partial charge in [-0.25, -0.2) is 5.01 Å². The second kappa shape index (κ2) is 7.50. The first-order chi connectivity index (χ1) is 12.0. The van der Waals surface area contributed by atoms with E-state index in [4.69, 9.17) is 11.6 Å². The summed E-state index contributed by atoms with van der Waals surface area (Å²) in [5, 5.41) is 1.70. The van der Waals surface area contributed by atoms with Crippen LogP contribution in [0.5, 0.6) is 0 Å². The van der Waals surface area contributed by atoms with Crippen molar-refractivity contribution >= 4 is 23.4 Å². The van der Waals surface area contributed by atoms with Crippen LogP contribution in [0.4, 0.5) is 0 Å². The lowest BCUT2D eigenvalue weighted by molar-refractivity contribution is 0.0358. The number of hydrogen-bond donors (Lipinski definition) is 1. The van der Waals surface area contributed by atoms with Gasteiger partial charge in [0.1, 0.15) is 0 Å². The standard InChI is InChI=1S/C21H25ClN2O2/c1-13-10-11-18(22)17(12-13)20(26)24(21(4,5)6)23-19(25)16-9-7-8-14(2)15(16)3/h7-12H,1-6H3,(H,23,25). The van der Waals surface area contributed by atoms with Gasteiger partial charge >= 0.3 is 0 Å². The molecule has 0 aliphatic carbocycles. The van der Waals surface area contributed by atoms with Crippen LogP contribution in [-0.2, 0) is 0 Å². The molecule has 0 aromatic heterocycles. The van der Waals surface area contributed by atoms with Gasteiger partial charge in [0.05, 0.1) is 16.1 Å². The number of aryl methyl sites for hydroxylation is 2. The molecule has 2 amide bonds. The van der Waals surface area contributed by atoms with Crippen molar-refractivity contribution in [3.63, 3.8) is 0 Å². The molecule has 0 bridgehead atoms. The third-order valence-electron chi connectivity index (χ3n) is 4.29. The number of carbonyl (C=O) groups excluding carboxylic acids is 2. The molecule has 0 saturated carbocycles. The summed E-state index contributed by atoms with van der Waals surface area (Å²) in [6.07, 6.45) is 0. The Balaban J connectivity index is 2.40. The molecule has 0 fully saturated rings. The van der Waals surface area contributed by atoms with Crippen LogP contribution >= 0.6 is 11.6 Å². The van der Waals surface area contributed by atoms with Gasteiger partial charge in [-0.2, -0.15) is 0 Å². The Bertz CT molecular complexity index is 854. The molecule has 2 aromatic carbocycles. The molecule has 2 aromatic rings. The quantitative estimate of drug-likeness (QED) is 0.766. The van der Waals surface area contributed by atoms with Crippen LogP contribution < -0.4 is 5.43 Å². The average Bonchev–Trinajstić information content (AvgIpc) is 2.55. The topological polar surface area (TPSA) is 49.4 Å². The Morgan fingerprint density at radius 3 is 2.27 bits per heavy atom. The molecule has 0 heterocycles. The highest BCUT2D eigenvalue weighted by Gasteiger charge is 2.31. The zero-order chi connectivity index (χ0) is 19.6. The molecule has 0 aliphatic heterocycles. The highest BCUT2D eigenvalue weighted by molar-refractivity contribution is 6.33. The first-order valence-electron chi connectivity index (χ1n) is 8.50. The maximum absolute atomic E-state index is 13.1. The second-order valence-electron chi connectivity index (χ2n) is 7.48. The normalized spacial score (nSPS) is 11.2. The van der Waals surface area contributed by atoms with Gasteiger partial charge in [-0.15, -0.1) is 0 Å². The van der Waals surface area contributed by atoms with Gasteiger partial charge in [0, 0.05) is 5.56 Å². The van der Waals surface area contributed by atoms with E-state index >= 15 is 0 Å². The predicted octanol–water partition coefficient (Wildman–Crippen LogP) is 4.85. The number of hydrogen-bond acceptors (Lipinski definition) is 2. The van der Waals surface area contributed by atoms with E-state index in [1.807, 2.05) is 59.7 Å². The molecule has 0 radical (unpaired) electrons. The van der Waals surface area contributed by atoms with E-state index in [2.05, 4.69) is 5.43 Å². The van der Waals surface area contributed by atoms with E-state index in [0.717, 1.165) is 16.7 Å². The van der Waals surface area contributed by atoms with E-state index in [0.29, 0.717) is 16.1 Å². The highest BCUT2D eigenvalue weighted by atomic mass is 35.5. The van der Waals surface area contributed by atoms with E-state index in [1.165, 1.54) is 5.01 Å². The summed E-state index contributed by atoms with van der Waals surface area (Å²) in [4.78, 5) is 25.9. The van der Waals surface area contributed by atoms with Crippen LogP contribution in [-0.4, -0.2) is 22.4 Å². The number of halogens is 1. The molecule has 5 heteroatoms. The smallest absolute Gasteiger partial charge is 0.267 e. The van der Waals surface area contributed by atoms with Crippen molar-refractivity contribution in [1.82, 2.24) is 10.4 Å². The third kappa shape index (κ3) is 4.25. The fraction of sp³-hybridized carbons (Fsp3) is 0.333. The van der Waals surface area contributed by atoms with E-state index in [-0.39, 0.29) is 11.8 Å². The fourth-order valence-electron chi connectivity index (χ4n) is 2.61. The summed E-state index contributed by atoms with van der Waals surface area (Å²) in [6, 6.07) is 10.8. The Morgan fingerprint density at radius 1 is 1.00 bits per heavy atom. The largest absolute Gasteiger partial charge is 0.274 e. The van der Waals surface area contributed by atoms with Gasteiger partial charge in [0.25, 0.3) is 11.8 Å². The Hall–Kier alpha value is -2.33. The zero-order valence-electron chi connectivity index (χ0n) is 16.1. The van der Waals surface area contributed by atoms with Crippen molar-refractivity contribution in [1.29, 1.82) is 0 Å². The van der Waals surface area contributed by atoms with Crippen molar-refractivity contribution in [2.45, 2.75) is 47.1 Å². The Labute approximate surface area is 160 Å². The first-order valence-corrected chi connectivity index (χ1v) is 8.88. The first kappa shape index (κ1) is 20.0. The van der Waals surface area contributed by atoms with Crippen molar-refractivity contribution in [2.75, 3.05) is 0 Å². The third-order valence-corrected chi connectivity index (χ3v) is 4.62. The summed E-state index contributed by atoms with van der Waals surface area (Å²) in [7, 11) is 0. The van der Waals surface area contributed by atoms with Crippen molar-refractivity contribution in [3.05, 3.63) is 69.2 Å². The van der Waals surface area contributed by atoms with Crippen LogP contribution in [0.1, 0.15) is 58.2 Å². The lowest BCUT2D eigenvalue weighted by Crippen LogP contribution is -2.56. The molecular weight excluding hydrogens is 348 g/mol. The summed E-state index contributed by atoms with van der Waals surface area (Å²) >= 11 is 6.22.